The van der Waals surface area contributed by atoms with Crippen LogP contribution in [0.25, 0.3) is 33.6 Å². The van der Waals surface area contributed by atoms with Gasteiger partial charge in [0.1, 0.15) is 22.9 Å². The lowest BCUT2D eigenvalue weighted by Gasteiger charge is -2.40. The van der Waals surface area contributed by atoms with Crippen LogP contribution in [0.4, 0.5) is 5.00 Å². The second-order valence-corrected chi connectivity index (χ2v) is 11.6. The maximum absolute atomic E-state index is 13.2. The molecule has 1 amide bonds. The maximum atomic E-state index is 13.2. The van der Waals surface area contributed by atoms with Crippen LogP contribution < -0.4 is 4.90 Å². The molecule has 5 heterocycles. The van der Waals surface area contributed by atoms with Crippen LogP contribution in [0.15, 0.2) is 54.3 Å². The Morgan fingerprint density at radius 1 is 1.16 bits per heavy atom. The van der Waals surface area contributed by atoms with Gasteiger partial charge in [-0.05, 0) is 48.2 Å². The lowest BCUT2D eigenvalue weighted by atomic mass is 9.87. The fourth-order valence-electron chi connectivity index (χ4n) is 5.11. The summed E-state index contributed by atoms with van der Waals surface area (Å²) >= 11 is 1.62. The Balaban J connectivity index is 1.19. The van der Waals surface area contributed by atoms with Crippen LogP contribution in [0.1, 0.15) is 33.3 Å². The number of piperazine rings is 1. The predicted octanol–water partition coefficient (Wildman–Crippen LogP) is 5.07. The molecule has 5 aromatic rings. The summed E-state index contributed by atoms with van der Waals surface area (Å²) in [7, 11) is 0. The van der Waals surface area contributed by atoms with Crippen LogP contribution in [-0.4, -0.2) is 61.0 Å². The SMILES string of the molecule is C[C@@H]1CN(c2scnc2-c2nc3ccc(C(C)(C)C)cc3[nH]2)CCN1C(=O)Cn1ccc2cccnc21. The highest BCUT2D eigenvalue weighted by atomic mass is 32.1. The summed E-state index contributed by atoms with van der Waals surface area (Å²) in [6.07, 6.45) is 3.71. The van der Waals surface area contributed by atoms with Crippen molar-refractivity contribution in [2.75, 3.05) is 24.5 Å². The second kappa shape index (κ2) is 8.99. The van der Waals surface area contributed by atoms with Gasteiger partial charge in [0.2, 0.25) is 5.91 Å². The number of nitrogens with zero attached hydrogens (tertiary/aromatic N) is 6. The molecule has 190 valence electrons. The minimum Gasteiger partial charge on any atom is -0.358 e. The molecule has 0 radical (unpaired) electrons. The number of carbonyl (C=O) groups excluding carboxylic acids is 1. The van der Waals surface area contributed by atoms with E-state index < -0.39 is 0 Å². The van der Waals surface area contributed by atoms with E-state index in [4.69, 9.17) is 4.98 Å². The topological polar surface area (TPSA) is 82.9 Å². The van der Waals surface area contributed by atoms with Crippen LogP contribution in [-0.2, 0) is 16.8 Å². The van der Waals surface area contributed by atoms with E-state index in [1.165, 1.54) is 5.56 Å². The molecular weight excluding hydrogens is 482 g/mol. The van der Waals surface area contributed by atoms with E-state index in [1.807, 2.05) is 39.4 Å². The Bertz CT molecular complexity index is 1590. The highest BCUT2D eigenvalue weighted by Crippen LogP contribution is 2.35. The van der Waals surface area contributed by atoms with Gasteiger partial charge in [0, 0.05) is 43.5 Å². The number of aromatic amines is 1. The van der Waals surface area contributed by atoms with Crippen molar-refractivity contribution < 1.29 is 4.79 Å². The molecule has 1 N–H and O–H groups in total. The van der Waals surface area contributed by atoms with Gasteiger partial charge in [-0.1, -0.05) is 26.8 Å². The van der Waals surface area contributed by atoms with Crippen molar-refractivity contribution in [2.45, 2.75) is 45.7 Å². The minimum atomic E-state index is 0.0729. The van der Waals surface area contributed by atoms with Crippen molar-refractivity contribution >= 4 is 44.3 Å². The summed E-state index contributed by atoms with van der Waals surface area (Å²) in [6.45, 7) is 11.2. The second-order valence-electron chi connectivity index (χ2n) is 10.8. The number of imidazole rings is 1. The van der Waals surface area contributed by atoms with E-state index in [0.717, 1.165) is 51.7 Å². The first-order valence-corrected chi connectivity index (χ1v) is 13.5. The number of nitrogens with one attached hydrogen (secondary N) is 1. The van der Waals surface area contributed by atoms with E-state index in [2.05, 4.69) is 65.7 Å². The van der Waals surface area contributed by atoms with E-state index in [9.17, 15) is 4.79 Å². The van der Waals surface area contributed by atoms with Crippen molar-refractivity contribution in [3.05, 3.63) is 59.9 Å². The molecule has 9 heteroatoms. The fraction of sp³-hybridized carbons (Fsp3) is 0.357. The molecule has 37 heavy (non-hydrogen) atoms. The van der Waals surface area contributed by atoms with Crippen molar-refractivity contribution in [1.82, 2.24) is 29.4 Å². The van der Waals surface area contributed by atoms with Gasteiger partial charge in [-0.25, -0.2) is 15.0 Å². The highest BCUT2D eigenvalue weighted by Gasteiger charge is 2.30. The van der Waals surface area contributed by atoms with E-state index in [-0.39, 0.29) is 17.4 Å². The first-order chi connectivity index (χ1) is 17.8. The molecule has 0 unspecified atom stereocenters. The zero-order chi connectivity index (χ0) is 25.7. The van der Waals surface area contributed by atoms with Gasteiger partial charge in [0.25, 0.3) is 0 Å². The Hall–Kier alpha value is -3.72. The number of benzene rings is 1. The average molecular weight is 514 g/mol. The van der Waals surface area contributed by atoms with Crippen LogP contribution in [0.3, 0.4) is 0 Å². The van der Waals surface area contributed by atoms with Crippen LogP contribution in [0, 0.1) is 0 Å². The quantitative estimate of drug-likeness (QED) is 0.363. The summed E-state index contributed by atoms with van der Waals surface area (Å²) in [5.41, 5.74) is 6.91. The third-order valence-corrected chi connectivity index (χ3v) is 8.07. The van der Waals surface area contributed by atoms with Gasteiger partial charge in [-0.3, -0.25) is 4.79 Å². The van der Waals surface area contributed by atoms with E-state index in [1.54, 1.807) is 17.5 Å². The Morgan fingerprint density at radius 2 is 2.03 bits per heavy atom. The normalized spacial score (nSPS) is 16.7. The molecule has 1 saturated heterocycles. The van der Waals surface area contributed by atoms with E-state index in [0.29, 0.717) is 13.1 Å². The summed E-state index contributed by atoms with van der Waals surface area (Å²) in [6, 6.07) is 12.4. The lowest BCUT2D eigenvalue weighted by molar-refractivity contribution is -0.134. The number of hydrogen-bond acceptors (Lipinski definition) is 6. The molecule has 0 aliphatic carbocycles. The zero-order valence-corrected chi connectivity index (χ0v) is 22.4. The standard InChI is InChI=1S/C28H31N7OS/c1-18-15-34(12-13-35(18)23(36)16-33-11-9-19-6-5-10-29-26(19)33)27-24(30-17-37-27)25-31-21-8-7-20(28(2,3)4)14-22(21)32-25/h5-11,14,17-18H,12-13,15-16H2,1-4H3,(H,31,32)/t18-/m1/s1. The minimum absolute atomic E-state index is 0.0729. The Morgan fingerprint density at radius 3 is 2.84 bits per heavy atom. The number of carbonyl (C=O) groups is 1. The molecule has 6 rings (SSSR count). The average Bonchev–Trinajstić information content (AvgIpc) is 3.61. The molecule has 1 atom stereocenters. The number of pyridine rings is 1. The number of rotatable bonds is 4. The van der Waals surface area contributed by atoms with Crippen molar-refractivity contribution in [1.29, 1.82) is 0 Å². The van der Waals surface area contributed by atoms with Gasteiger partial charge in [0.15, 0.2) is 5.82 Å². The van der Waals surface area contributed by atoms with Gasteiger partial charge < -0.3 is 19.4 Å². The summed E-state index contributed by atoms with van der Waals surface area (Å²) in [5.74, 6) is 0.905. The molecule has 1 aromatic carbocycles. The summed E-state index contributed by atoms with van der Waals surface area (Å²) < 4.78 is 1.94. The molecule has 1 aliphatic rings. The Labute approximate surface area is 220 Å². The third-order valence-electron chi connectivity index (χ3n) is 7.18. The van der Waals surface area contributed by atoms with Crippen molar-refractivity contribution in [2.24, 2.45) is 0 Å². The van der Waals surface area contributed by atoms with Gasteiger partial charge >= 0.3 is 0 Å². The number of anilines is 1. The lowest BCUT2D eigenvalue weighted by Crippen LogP contribution is -2.54. The maximum Gasteiger partial charge on any atom is 0.242 e. The number of H-pyrrole nitrogens is 1. The largest absolute Gasteiger partial charge is 0.358 e. The molecule has 0 saturated carbocycles. The summed E-state index contributed by atoms with van der Waals surface area (Å²) in [5, 5.41) is 2.14. The number of thiazole rings is 1. The molecule has 0 spiro atoms. The predicted molar refractivity (Wildman–Crippen MR) is 149 cm³/mol. The first-order valence-electron chi connectivity index (χ1n) is 12.7. The molecular formula is C28H31N7OS. The van der Waals surface area contributed by atoms with Crippen molar-refractivity contribution in [3.8, 4) is 11.5 Å². The van der Waals surface area contributed by atoms with Gasteiger partial charge in [-0.2, -0.15) is 0 Å². The third kappa shape index (κ3) is 4.37. The first kappa shape index (κ1) is 23.7. The smallest absolute Gasteiger partial charge is 0.242 e. The zero-order valence-electron chi connectivity index (χ0n) is 21.6. The molecule has 1 aliphatic heterocycles. The monoisotopic (exact) mass is 513 g/mol. The molecule has 8 nitrogen and oxygen atoms in total. The molecule has 4 aromatic heterocycles. The number of aromatic nitrogens is 5. The van der Waals surface area contributed by atoms with Crippen LogP contribution in [0.2, 0.25) is 0 Å². The Kier molecular flexibility index (Phi) is 5.75. The fourth-order valence-corrected chi connectivity index (χ4v) is 5.95. The van der Waals surface area contributed by atoms with Crippen LogP contribution >= 0.6 is 11.3 Å². The molecule has 1 fully saturated rings. The number of hydrogen-bond donors (Lipinski definition) is 1. The van der Waals surface area contributed by atoms with Gasteiger partial charge in [0.05, 0.1) is 16.5 Å². The molecule has 0 bridgehead atoms. The van der Waals surface area contributed by atoms with Gasteiger partial charge in [-0.15, -0.1) is 11.3 Å². The number of amides is 1. The summed E-state index contributed by atoms with van der Waals surface area (Å²) in [4.78, 5) is 35.0. The number of fused-ring (bicyclic) bond motifs is 2. The van der Waals surface area contributed by atoms with Crippen LogP contribution in [0.5, 0.6) is 0 Å². The highest BCUT2D eigenvalue weighted by molar-refractivity contribution is 7.14. The van der Waals surface area contributed by atoms with E-state index >= 15 is 0 Å². The van der Waals surface area contributed by atoms with Crippen molar-refractivity contribution in [3.63, 3.8) is 0 Å².